The van der Waals surface area contributed by atoms with Gasteiger partial charge in [0.15, 0.2) is 0 Å². The first kappa shape index (κ1) is 36.1. The molecule has 0 unspecified atom stereocenters. The minimum absolute atomic E-state index is 0.472. The molecule has 4 aromatic carbocycles. The number of benzene rings is 4. The predicted molar refractivity (Wildman–Crippen MR) is 189 cm³/mol. The third kappa shape index (κ3) is 15.3. The molecule has 0 saturated carbocycles. The summed E-state index contributed by atoms with van der Waals surface area (Å²) in [7, 11) is 17.1. The van der Waals surface area contributed by atoms with E-state index in [2.05, 4.69) is 159 Å². The van der Waals surface area contributed by atoms with Gasteiger partial charge in [-0.3, -0.25) is 0 Å². The van der Waals surface area contributed by atoms with E-state index in [4.69, 9.17) is 18.8 Å². The topological polar surface area (TPSA) is 6.48 Å². The van der Waals surface area contributed by atoms with Crippen LogP contribution in [0, 0.1) is 0 Å². The summed E-state index contributed by atoms with van der Waals surface area (Å²) < 4.78 is 0. The van der Waals surface area contributed by atoms with E-state index >= 15 is 0 Å². The maximum absolute atomic E-state index is 4.88. The van der Waals surface area contributed by atoms with Crippen molar-refractivity contribution in [3.8, 4) is 0 Å². The zero-order valence-electron chi connectivity index (χ0n) is 24.8. The van der Waals surface area contributed by atoms with E-state index in [0.717, 1.165) is 0 Å². The van der Waals surface area contributed by atoms with Crippen molar-refractivity contribution in [1.82, 2.24) is 9.80 Å². The van der Waals surface area contributed by atoms with Crippen LogP contribution >= 0.6 is 34.7 Å². The molecule has 0 fully saturated rings. The summed E-state index contributed by atoms with van der Waals surface area (Å²) in [5, 5.41) is 6.10. The van der Waals surface area contributed by atoms with Crippen LogP contribution in [-0.4, -0.2) is 63.4 Å². The second-order valence-corrected chi connectivity index (χ2v) is 18.8. The minimum atomic E-state index is -0.622. The molecule has 4 aromatic rings. The van der Waals surface area contributed by atoms with Crippen molar-refractivity contribution in [2.75, 3.05) is 53.6 Å². The fourth-order valence-corrected chi connectivity index (χ4v) is 9.84. The second-order valence-electron chi connectivity index (χ2n) is 10.3. The summed E-state index contributed by atoms with van der Waals surface area (Å²) in [6.45, 7) is 2.35. The Labute approximate surface area is 268 Å². The van der Waals surface area contributed by atoms with Crippen molar-refractivity contribution in [2.24, 2.45) is 0 Å². The molecule has 0 saturated heterocycles. The quantitative estimate of drug-likeness (QED) is 0.143. The first-order chi connectivity index (χ1) is 20.0. The standard InChI is InChI=1S/2C17H22NP.2ClH.Pt/c2*1-18(2)14-9-15-19(16-10-5-3-6-11-16)17-12-7-4-8-13-17;;;/h2*3-8,10-13H,9,14-15H2,1-2H3;2*1H;/q;;;;+2. The maximum atomic E-state index is 4.88. The molecule has 0 bridgehead atoms. The van der Waals surface area contributed by atoms with Gasteiger partial charge in [0.1, 0.15) is 0 Å². The molecule has 0 aliphatic carbocycles. The summed E-state index contributed by atoms with van der Waals surface area (Å²) in [5.41, 5.74) is 0. The Morgan fingerprint density at radius 1 is 0.463 bits per heavy atom. The molecule has 0 aliphatic rings. The Morgan fingerprint density at radius 2 is 0.683 bits per heavy atom. The molecule has 0 N–H and O–H groups in total. The summed E-state index contributed by atoms with van der Waals surface area (Å²) in [4.78, 5) is 4.55. The van der Waals surface area contributed by atoms with E-state index in [1.165, 1.54) is 59.5 Å². The zero-order valence-corrected chi connectivity index (χ0v) is 30.5. The number of nitrogens with zero attached hydrogens (tertiary/aromatic N) is 2. The average molecular weight is 811 g/mol. The van der Waals surface area contributed by atoms with Gasteiger partial charge >= 0.3 is 35.3 Å². The van der Waals surface area contributed by atoms with E-state index in [-0.39, 0.29) is 0 Å². The molecule has 7 heteroatoms. The number of halogens is 2. The van der Waals surface area contributed by atoms with E-state index < -0.39 is 32.3 Å². The Balaban J connectivity index is 0.000000262. The van der Waals surface area contributed by atoms with Gasteiger partial charge < -0.3 is 9.80 Å². The van der Waals surface area contributed by atoms with Crippen molar-refractivity contribution in [3.63, 3.8) is 0 Å². The Kier molecular flexibility index (Phi) is 19.8. The first-order valence-corrected chi connectivity index (χ1v) is 23.1. The van der Waals surface area contributed by atoms with Crippen LogP contribution < -0.4 is 21.2 Å². The first-order valence-electron chi connectivity index (χ1n) is 14.0. The molecule has 0 heterocycles. The Morgan fingerprint density at radius 3 is 0.878 bits per heavy atom. The van der Waals surface area contributed by atoms with Crippen molar-refractivity contribution < 1.29 is 16.5 Å². The average Bonchev–Trinajstić information content (AvgIpc) is 3.00. The molecule has 2 nitrogen and oxygen atoms in total. The van der Waals surface area contributed by atoms with Gasteiger partial charge in [0.25, 0.3) is 0 Å². The fraction of sp³-hybridized carbons (Fsp3) is 0.294. The SMILES string of the molecule is CN(C)CCC[PH+](c1ccccc1)c1ccccc1.CN(C)CCC[PH+](c1ccccc1)c1ccccc1.[Cl][Pt][Cl]. The molecule has 224 valence electrons. The number of hydrogen-bond acceptors (Lipinski definition) is 2. The van der Waals surface area contributed by atoms with Gasteiger partial charge in [-0.25, -0.2) is 0 Å². The molecule has 4 rings (SSSR count). The molecule has 0 atom stereocenters. The van der Waals surface area contributed by atoms with Crippen LogP contribution in [0.3, 0.4) is 0 Å². The number of hydrogen-bond donors (Lipinski definition) is 0. The van der Waals surface area contributed by atoms with Gasteiger partial charge in [0.05, 0.1) is 49.4 Å². The summed E-state index contributed by atoms with van der Waals surface area (Å²) in [6.07, 6.45) is 5.14. The second kappa shape index (κ2) is 22.5. The Hall–Kier alpha value is -1.07. The van der Waals surface area contributed by atoms with Gasteiger partial charge in [-0.05, 0) is 89.6 Å². The summed E-state index contributed by atoms with van der Waals surface area (Å²) >= 11 is -0.472. The van der Waals surface area contributed by atoms with Crippen LogP contribution in [0.2, 0.25) is 0 Å². The molecule has 0 aliphatic heterocycles. The van der Waals surface area contributed by atoms with Crippen molar-refractivity contribution >= 4 is 55.9 Å². The van der Waals surface area contributed by atoms with Crippen LogP contribution in [0.1, 0.15) is 12.8 Å². The molecule has 0 amide bonds. The third-order valence-corrected chi connectivity index (χ3v) is 12.4. The predicted octanol–water partition coefficient (Wildman–Crippen LogP) is 6.98. The fourth-order valence-electron chi connectivity index (χ4n) is 4.61. The van der Waals surface area contributed by atoms with Crippen molar-refractivity contribution in [3.05, 3.63) is 121 Å². The monoisotopic (exact) mass is 809 g/mol. The van der Waals surface area contributed by atoms with Gasteiger partial charge in [0.2, 0.25) is 0 Å². The molecule has 0 spiro atoms. The van der Waals surface area contributed by atoms with Crippen molar-refractivity contribution in [1.29, 1.82) is 0 Å². The molecule has 0 radical (unpaired) electrons. The van der Waals surface area contributed by atoms with Crippen molar-refractivity contribution in [2.45, 2.75) is 12.8 Å². The van der Waals surface area contributed by atoms with E-state index in [1.54, 1.807) is 0 Å². The van der Waals surface area contributed by atoms with E-state index in [0.29, 0.717) is 0 Å². The van der Waals surface area contributed by atoms with Gasteiger partial charge in [-0.15, -0.1) is 0 Å². The van der Waals surface area contributed by atoms with Crippen LogP contribution in [-0.2, 0) is 16.5 Å². The molecule has 0 aromatic heterocycles. The van der Waals surface area contributed by atoms with Crippen LogP contribution in [0.5, 0.6) is 0 Å². The molecular formula is C34H46Cl2N2P2Pt+2. The van der Waals surface area contributed by atoms with Crippen LogP contribution in [0.15, 0.2) is 121 Å². The third-order valence-electron chi connectivity index (χ3n) is 6.55. The molecular weight excluding hydrogens is 764 g/mol. The zero-order chi connectivity index (χ0) is 29.7. The van der Waals surface area contributed by atoms with Gasteiger partial charge in [0, 0.05) is 13.1 Å². The van der Waals surface area contributed by atoms with Crippen LogP contribution in [0.25, 0.3) is 0 Å². The Bertz CT molecular complexity index is 982. The number of rotatable bonds is 12. The van der Waals surface area contributed by atoms with E-state index in [1.807, 2.05) is 0 Å². The summed E-state index contributed by atoms with van der Waals surface area (Å²) in [6, 6.07) is 44.0. The van der Waals surface area contributed by atoms with Crippen LogP contribution in [0.4, 0.5) is 0 Å². The summed E-state index contributed by atoms with van der Waals surface area (Å²) in [5.74, 6) is 0. The molecule has 41 heavy (non-hydrogen) atoms. The van der Waals surface area contributed by atoms with E-state index in [9.17, 15) is 0 Å². The normalized spacial score (nSPS) is 10.9. The van der Waals surface area contributed by atoms with Gasteiger partial charge in [-0.1, -0.05) is 72.8 Å². The van der Waals surface area contributed by atoms with Gasteiger partial charge in [-0.2, -0.15) is 0 Å².